The first-order chi connectivity index (χ1) is 29.8. The number of primary amides is 1. The lowest BCUT2D eigenvalue weighted by atomic mass is 9.48. The molecule has 8 rings (SSSR count). The van der Waals surface area contributed by atoms with Crippen LogP contribution < -0.4 is 20.1 Å². The molecule has 2 aromatic carbocycles. The van der Waals surface area contributed by atoms with Crippen molar-refractivity contribution in [3.63, 3.8) is 0 Å². The van der Waals surface area contributed by atoms with Crippen LogP contribution in [0, 0.1) is 41.9 Å². The maximum absolute atomic E-state index is 14.5. The van der Waals surface area contributed by atoms with E-state index in [1.165, 1.54) is 17.3 Å². The van der Waals surface area contributed by atoms with Crippen molar-refractivity contribution in [2.75, 3.05) is 24.5 Å². The Morgan fingerprint density at radius 1 is 0.889 bits per heavy atom. The zero-order valence-electron chi connectivity index (χ0n) is 37.5. The molecule has 4 fully saturated rings. The molecule has 1 aromatic heterocycles. The van der Waals surface area contributed by atoms with Gasteiger partial charge in [-0.1, -0.05) is 27.7 Å². The Balaban J connectivity index is 0.880. The first kappa shape index (κ1) is 43.8. The smallest absolute Gasteiger partial charge is 0.262 e. The number of hydrogen-bond donors (Lipinski definition) is 1. The SMILES string of the molecule is Cc1cc(OC2C(C)(C)C(N3C(=O)CCC(N4C(=O)c5ccc(OC6CC(N(CC7CCN(c8ncc(C(N)=O)cn8)CC7)C(C)C)C6)cc5C4=O)C3=O)C2(C)C)cc(C)c1C#N. The normalized spacial score (nSPS) is 25.5. The fraction of sp³-hybridized carbons (Fsp3) is 0.542. The van der Waals surface area contributed by atoms with Crippen molar-refractivity contribution in [1.82, 2.24) is 24.7 Å². The zero-order valence-corrected chi connectivity index (χ0v) is 37.5. The minimum absolute atomic E-state index is 0.0127. The van der Waals surface area contributed by atoms with Crippen LogP contribution in [0.5, 0.6) is 11.5 Å². The number of ether oxygens (including phenoxy) is 2. The van der Waals surface area contributed by atoms with E-state index in [2.05, 4.69) is 39.7 Å². The van der Waals surface area contributed by atoms with Gasteiger partial charge in [0.25, 0.3) is 23.6 Å². The van der Waals surface area contributed by atoms with Crippen LogP contribution in [0.3, 0.4) is 0 Å². The van der Waals surface area contributed by atoms with Crippen molar-refractivity contribution in [1.29, 1.82) is 5.26 Å². The van der Waals surface area contributed by atoms with E-state index in [9.17, 15) is 29.2 Å². The average molecular weight is 859 g/mol. The molecule has 5 aliphatic rings. The molecule has 4 heterocycles. The van der Waals surface area contributed by atoms with E-state index in [0.717, 1.165) is 61.3 Å². The number of carbonyl (C=O) groups excluding carboxylic acids is 5. The molecule has 0 spiro atoms. The molecule has 332 valence electrons. The summed E-state index contributed by atoms with van der Waals surface area (Å²) < 4.78 is 13.0. The second-order valence-electron chi connectivity index (χ2n) is 19.7. The number of benzene rings is 2. The van der Waals surface area contributed by atoms with Gasteiger partial charge in [0.1, 0.15) is 29.7 Å². The standard InChI is InChI=1S/C48H58N8O7/c1-26(2)54(25-29-13-15-53(16-14-29)46-51-23-30(24-52-46)40(50)58)31-19-34(20-31)62-32-9-10-35-36(21-32)42(60)55(41(35)59)38-11-12-39(57)56(43(38)61)44-47(5,6)45(48(44,7)8)63-33-17-27(3)37(22-49)28(4)18-33/h9-10,17-18,21,23-24,26,29,31,34,38,44-45H,11-16,19-20,25H2,1-8H3,(H2,50,58). The summed E-state index contributed by atoms with van der Waals surface area (Å²) in [6.07, 6.45) is 6.25. The van der Waals surface area contributed by atoms with E-state index in [1.807, 2.05) is 53.7 Å². The Labute approximate surface area is 368 Å². The van der Waals surface area contributed by atoms with Gasteiger partial charge in [0.05, 0.1) is 34.4 Å². The number of aryl methyl sites for hydroxylation is 2. The van der Waals surface area contributed by atoms with Crippen LogP contribution in [-0.4, -0.2) is 110 Å². The maximum Gasteiger partial charge on any atom is 0.262 e. The molecule has 63 heavy (non-hydrogen) atoms. The molecule has 2 saturated heterocycles. The molecule has 5 amide bonds. The maximum atomic E-state index is 14.5. The summed E-state index contributed by atoms with van der Waals surface area (Å²) in [4.78, 5) is 83.3. The predicted molar refractivity (Wildman–Crippen MR) is 233 cm³/mol. The van der Waals surface area contributed by atoms with Gasteiger partial charge in [-0.25, -0.2) is 9.97 Å². The number of piperidine rings is 2. The number of amides is 5. The predicted octanol–water partition coefficient (Wildman–Crippen LogP) is 5.60. The van der Waals surface area contributed by atoms with E-state index in [4.69, 9.17) is 15.2 Å². The van der Waals surface area contributed by atoms with Crippen LogP contribution in [0.25, 0.3) is 0 Å². The van der Waals surface area contributed by atoms with Gasteiger partial charge in [0.15, 0.2) is 0 Å². The number of likely N-dealkylation sites (tertiary alicyclic amines) is 1. The number of hydrogen-bond acceptors (Lipinski definition) is 12. The van der Waals surface area contributed by atoms with Crippen LogP contribution >= 0.6 is 0 Å². The van der Waals surface area contributed by atoms with Crippen LogP contribution in [0.4, 0.5) is 5.95 Å². The lowest BCUT2D eigenvalue weighted by Crippen LogP contribution is -2.77. The summed E-state index contributed by atoms with van der Waals surface area (Å²) in [7, 11) is 0. The summed E-state index contributed by atoms with van der Waals surface area (Å²) in [6, 6.07) is 9.86. The second kappa shape index (κ2) is 16.3. The zero-order chi connectivity index (χ0) is 45.3. The highest BCUT2D eigenvalue weighted by atomic mass is 16.5. The Bertz CT molecular complexity index is 2350. The van der Waals surface area contributed by atoms with Crippen molar-refractivity contribution in [2.45, 2.75) is 130 Å². The molecule has 0 bridgehead atoms. The van der Waals surface area contributed by atoms with Crippen LogP contribution in [0.1, 0.15) is 128 Å². The van der Waals surface area contributed by atoms with Crippen LogP contribution in [0.2, 0.25) is 0 Å². The van der Waals surface area contributed by atoms with Gasteiger partial charge in [0, 0.05) is 74.2 Å². The highest BCUT2D eigenvalue weighted by Crippen LogP contribution is 2.58. The van der Waals surface area contributed by atoms with E-state index < -0.39 is 46.5 Å². The summed E-state index contributed by atoms with van der Waals surface area (Å²) in [6.45, 7) is 18.7. The number of nitrogens with zero attached hydrogens (tertiary/aromatic N) is 7. The lowest BCUT2D eigenvalue weighted by Gasteiger charge is -2.66. The molecule has 1 atom stereocenters. The van der Waals surface area contributed by atoms with Gasteiger partial charge in [0.2, 0.25) is 11.9 Å². The molecule has 15 nitrogen and oxygen atoms in total. The average Bonchev–Trinajstić information content (AvgIpc) is 3.46. The number of fused-ring (bicyclic) bond motifs is 1. The van der Waals surface area contributed by atoms with Crippen LogP contribution in [-0.2, 0) is 9.59 Å². The number of rotatable bonds is 12. The third-order valence-corrected chi connectivity index (χ3v) is 14.3. The third kappa shape index (κ3) is 7.70. The molecular weight excluding hydrogens is 801 g/mol. The van der Waals surface area contributed by atoms with E-state index in [1.54, 1.807) is 18.2 Å². The topological polar surface area (TPSA) is 192 Å². The summed E-state index contributed by atoms with van der Waals surface area (Å²) in [5.74, 6) is -0.314. The van der Waals surface area contributed by atoms with Gasteiger partial charge in [-0.3, -0.25) is 38.7 Å². The van der Waals surface area contributed by atoms with Gasteiger partial charge >= 0.3 is 0 Å². The quantitative estimate of drug-likeness (QED) is 0.222. The number of nitriles is 1. The molecule has 2 saturated carbocycles. The minimum atomic E-state index is -1.13. The monoisotopic (exact) mass is 858 g/mol. The van der Waals surface area contributed by atoms with Crippen molar-refractivity contribution in [3.05, 3.63) is 76.1 Å². The molecule has 1 unspecified atom stereocenters. The van der Waals surface area contributed by atoms with E-state index >= 15 is 0 Å². The Kier molecular flexibility index (Phi) is 11.4. The van der Waals surface area contributed by atoms with Crippen molar-refractivity contribution < 1.29 is 33.4 Å². The van der Waals surface area contributed by atoms with E-state index in [0.29, 0.717) is 46.6 Å². The molecule has 15 heteroatoms. The lowest BCUT2D eigenvalue weighted by molar-refractivity contribution is -0.216. The number of imide groups is 2. The number of carbonyl (C=O) groups is 5. The van der Waals surface area contributed by atoms with Gasteiger partial charge in [-0.2, -0.15) is 5.26 Å². The van der Waals surface area contributed by atoms with E-state index in [-0.39, 0.29) is 42.1 Å². The molecule has 0 radical (unpaired) electrons. The molecule has 3 aromatic rings. The summed E-state index contributed by atoms with van der Waals surface area (Å²) >= 11 is 0. The summed E-state index contributed by atoms with van der Waals surface area (Å²) in [5.41, 5.74) is 6.90. The number of anilines is 1. The first-order valence-electron chi connectivity index (χ1n) is 22.2. The van der Waals surface area contributed by atoms with Gasteiger partial charge in [-0.15, -0.1) is 0 Å². The molecular formula is C48H58N8O7. The first-order valence-corrected chi connectivity index (χ1v) is 22.2. The second-order valence-corrected chi connectivity index (χ2v) is 19.7. The Morgan fingerprint density at radius 2 is 1.51 bits per heavy atom. The fourth-order valence-corrected chi connectivity index (χ4v) is 11.4. The highest BCUT2D eigenvalue weighted by Gasteiger charge is 2.68. The number of aromatic nitrogens is 2. The van der Waals surface area contributed by atoms with Crippen molar-refractivity contribution in [3.8, 4) is 17.6 Å². The minimum Gasteiger partial charge on any atom is -0.490 e. The Hall–Kier alpha value is -5.88. The largest absolute Gasteiger partial charge is 0.490 e. The Morgan fingerprint density at radius 3 is 2.10 bits per heavy atom. The van der Waals surface area contributed by atoms with Crippen LogP contribution in [0.15, 0.2) is 42.7 Å². The molecule has 2 N–H and O–H groups in total. The molecule has 3 aliphatic heterocycles. The van der Waals surface area contributed by atoms with Gasteiger partial charge < -0.3 is 20.1 Å². The highest BCUT2D eigenvalue weighted by molar-refractivity contribution is 6.23. The fourth-order valence-electron chi connectivity index (χ4n) is 11.4. The van der Waals surface area contributed by atoms with Crippen molar-refractivity contribution >= 4 is 35.5 Å². The van der Waals surface area contributed by atoms with Gasteiger partial charge in [-0.05, 0) is 94.3 Å². The van der Waals surface area contributed by atoms with Crippen molar-refractivity contribution in [2.24, 2.45) is 22.5 Å². The molecule has 2 aliphatic carbocycles. The summed E-state index contributed by atoms with van der Waals surface area (Å²) in [5, 5.41) is 9.56. The number of nitrogens with two attached hydrogens (primary N) is 1. The third-order valence-electron chi connectivity index (χ3n) is 14.3.